The van der Waals surface area contributed by atoms with Crippen LogP contribution in [0.2, 0.25) is 0 Å². The average Bonchev–Trinajstić information content (AvgIpc) is 3.52. The van der Waals surface area contributed by atoms with E-state index in [1.165, 1.54) is 15.6 Å². The third-order valence-corrected chi connectivity index (χ3v) is 14.5. The Labute approximate surface area is 291 Å². The van der Waals surface area contributed by atoms with E-state index in [0.717, 1.165) is 43.8 Å². The van der Waals surface area contributed by atoms with E-state index in [1.807, 2.05) is 66.7 Å². The number of nitriles is 3. The van der Waals surface area contributed by atoms with Gasteiger partial charge in [-0.1, -0.05) is 121 Å². The van der Waals surface area contributed by atoms with Gasteiger partial charge in [0.15, 0.2) is 8.07 Å². The van der Waals surface area contributed by atoms with Crippen LogP contribution in [0.5, 0.6) is 0 Å². The van der Waals surface area contributed by atoms with Crippen LogP contribution in [0.25, 0.3) is 38.6 Å². The van der Waals surface area contributed by atoms with E-state index in [1.54, 1.807) is 0 Å². The van der Waals surface area contributed by atoms with Gasteiger partial charge in [0.1, 0.15) is 6.07 Å². The second-order valence-electron chi connectivity index (χ2n) is 12.3. The summed E-state index contributed by atoms with van der Waals surface area (Å²) in [5.74, 6) is 0. The molecule has 0 atom stereocenters. The molecule has 232 valence electrons. The van der Waals surface area contributed by atoms with Gasteiger partial charge in [-0.15, -0.1) is 0 Å². The van der Waals surface area contributed by atoms with Gasteiger partial charge < -0.3 is 4.57 Å². The van der Waals surface area contributed by atoms with Gasteiger partial charge in [0.2, 0.25) is 0 Å². The number of rotatable bonds is 6. The molecule has 0 fully saturated rings. The second-order valence-corrected chi connectivity index (χ2v) is 16.0. The van der Waals surface area contributed by atoms with Gasteiger partial charge in [-0.3, -0.25) is 0 Å². The molecule has 7 aromatic carbocycles. The molecule has 4 nitrogen and oxygen atoms in total. The summed E-state index contributed by atoms with van der Waals surface area (Å²) in [4.78, 5) is 0. The highest BCUT2D eigenvalue weighted by Gasteiger charge is 2.43. The molecule has 0 aliphatic heterocycles. The number of para-hydroxylation sites is 1. The van der Waals surface area contributed by atoms with Crippen LogP contribution in [0.15, 0.2) is 170 Å². The standard InChI is InChI=1S/C45H28N4Si/c46-29-32-21-25-43-41(26-32)40-18-10-11-19-42(40)49(43)44-28-34(22-23-35(44)31-48)39-24-20-33(30-47)27-45(39)50(36-12-4-1-5-13-36,37-14-6-2-7-15-37)38-16-8-3-9-17-38/h1-28H. The van der Waals surface area contributed by atoms with Crippen LogP contribution >= 0.6 is 0 Å². The summed E-state index contributed by atoms with van der Waals surface area (Å²) in [6.45, 7) is 0. The fraction of sp³-hybridized carbons (Fsp3) is 0. The molecular formula is C45H28N4Si. The van der Waals surface area contributed by atoms with Crippen LogP contribution < -0.4 is 20.7 Å². The molecule has 0 spiro atoms. The lowest BCUT2D eigenvalue weighted by Crippen LogP contribution is -2.75. The molecule has 5 heteroatoms. The van der Waals surface area contributed by atoms with Crippen molar-refractivity contribution >= 4 is 50.6 Å². The molecule has 0 saturated carbocycles. The van der Waals surface area contributed by atoms with E-state index in [9.17, 15) is 15.8 Å². The zero-order valence-corrected chi connectivity index (χ0v) is 28.0. The predicted octanol–water partition coefficient (Wildman–Crippen LogP) is 7.44. The summed E-state index contributed by atoms with van der Waals surface area (Å²) >= 11 is 0. The van der Waals surface area contributed by atoms with Crippen molar-refractivity contribution in [3.63, 3.8) is 0 Å². The number of aromatic nitrogens is 1. The largest absolute Gasteiger partial charge is 0.308 e. The van der Waals surface area contributed by atoms with E-state index < -0.39 is 8.07 Å². The Balaban J connectivity index is 1.48. The van der Waals surface area contributed by atoms with Gasteiger partial charge >= 0.3 is 0 Å². The second kappa shape index (κ2) is 12.6. The molecule has 0 amide bonds. The minimum absolute atomic E-state index is 0.536. The van der Waals surface area contributed by atoms with Crippen LogP contribution in [-0.2, 0) is 0 Å². The summed E-state index contributed by atoms with van der Waals surface area (Å²) < 4.78 is 2.13. The number of fused-ring (bicyclic) bond motifs is 3. The van der Waals surface area contributed by atoms with E-state index >= 15 is 0 Å². The highest BCUT2D eigenvalue weighted by molar-refractivity contribution is 7.20. The highest BCUT2D eigenvalue weighted by Crippen LogP contribution is 2.35. The monoisotopic (exact) mass is 652 g/mol. The topological polar surface area (TPSA) is 76.3 Å². The molecule has 0 aliphatic carbocycles. The first-order chi connectivity index (χ1) is 24.7. The Morgan fingerprint density at radius 3 is 1.58 bits per heavy atom. The number of benzene rings is 7. The third kappa shape index (κ3) is 4.80. The molecule has 1 aromatic heterocycles. The Kier molecular flexibility index (Phi) is 7.63. The summed E-state index contributed by atoms with van der Waals surface area (Å²) in [7, 11) is -3.03. The lowest BCUT2D eigenvalue weighted by molar-refractivity contribution is 1.17. The Morgan fingerprint density at radius 2 is 0.980 bits per heavy atom. The van der Waals surface area contributed by atoms with Crippen molar-refractivity contribution in [1.82, 2.24) is 4.57 Å². The van der Waals surface area contributed by atoms with Gasteiger partial charge in [-0.05, 0) is 80.4 Å². The van der Waals surface area contributed by atoms with Crippen molar-refractivity contribution in [2.45, 2.75) is 0 Å². The molecule has 50 heavy (non-hydrogen) atoms. The van der Waals surface area contributed by atoms with Crippen molar-refractivity contribution in [3.05, 3.63) is 187 Å². The Hall–Kier alpha value is -6.97. The lowest BCUT2D eigenvalue weighted by Gasteiger charge is -2.36. The van der Waals surface area contributed by atoms with E-state index in [2.05, 4.69) is 126 Å². The smallest absolute Gasteiger partial charge is 0.180 e. The van der Waals surface area contributed by atoms with Gasteiger partial charge in [0.05, 0.1) is 45.5 Å². The van der Waals surface area contributed by atoms with Gasteiger partial charge in [-0.25, -0.2) is 0 Å². The van der Waals surface area contributed by atoms with Crippen LogP contribution in [-0.4, -0.2) is 12.6 Å². The molecule has 0 unspecified atom stereocenters. The summed E-state index contributed by atoms with van der Waals surface area (Å²) in [5, 5.41) is 37.1. The molecule has 0 aliphatic rings. The predicted molar refractivity (Wildman–Crippen MR) is 204 cm³/mol. The van der Waals surface area contributed by atoms with E-state index in [0.29, 0.717) is 16.7 Å². The fourth-order valence-corrected chi connectivity index (χ4v) is 12.5. The first kappa shape index (κ1) is 30.4. The SMILES string of the molecule is N#Cc1ccc(-c2ccc(C#N)c(-n3c4ccccc4c4cc(C#N)ccc43)c2)c([Si](c2ccccc2)(c2ccccc2)c2ccccc2)c1. The maximum Gasteiger partial charge on any atom is 0.180 e. The molecule has 8 rings (SSSR count). The molecule has 0 bridgehead atoms. The molecule has 0 N–H and O–H groups in total. The molecule has 8 aromatic rings. The number of hydrogen-bond acceptors (Lipinski definition) is 3. The van der Waals surface area contributed by atoms with Gasteiger partial charge in [-0.2, -0.15) is 15.8 Å². The number of nitrogens with zero attached hydrogens (tertiary/aromatic N) is 4. The van der Waals surface area contributed by atoms with Crippen LogP contribution in [0.3, 0.4) is 0 Å². The Bertz CT molecular complexity index is 2580. The zero-order valence-electron chi connectivity index (χ0n) is 27.0. The minimum atomic E-state index is -3.03. The van der Waals surface area contributed by atoms with Crippen molar-refractivity contribution in [1.29, 1.82) is 15.8 Å². The van der Waals surface area contributed by atoms with E-state index in [-0.39, 0.29) is 0 Å². The average molecular weight is 653 g/mol. The highest BCUT2D eigenvalue weighted by atomic mass is 28.3. The number of hydrogen-bond donors (Lipinski definition) is 0. The van der Waals surface area contributed by atoms with Crippen LogP contribution in [0, 0.1) is 34.0 Å². The summed E-state index contributed by atoms with van der Waals surface area (Å²) in [6, 6.07) is 65.0. The van der Waals surface area contributed by atoms with Crippen molar-refractivity contribution in [2.75, 3.05) is 0 Å². The molecular weight excluding hydrogens is 625 g/mol. The van der Waals surface area contributed by atoms with Gasteiger partial charge in [0.25, 0.3) is 0 Å². The van der Waals surface area contributed by atoms with Crippen LogP contribution in [0.1, 0.15) is 16.7 Å². The lowest BCUT2D eigenvalue weighted by atomic mass is 10.0. The molecule has 0 saturated heterocycles. The van der Waals surface area contributed by atoms with Crippen molar-refractivity contribution < 1.29 is 0 Å². The van der Waals surface area contributed by atoms with Gasteiger partial charge in [0, 0.05) is 10.8 Å². The van der Waals surface area contributed by atoms with Crippen LogP contribution in [0.4, 0.5) is 0 Å². The molecule has 0 radical (unpaired) electrons. The maximum atomic E-state index is 10.5. The maximum absolute atomic E-state index is 10.5. The van der Waals surface area contributed by atoms with Crippen molar-refractivity contribution in [2.24, 2.45) is 0 Å². The van der Waals surface area contributed by atoms with E-state index in [4.69, 9.17) is 0 Å². The normalized spacial score (nSPS) is 11.1. The zero-order chi connectivity index (χ0) is 34.1. The van der Waals surface area contributed by atoms with Crippen molar-refractivity contribution in [3.8, 4) is 35.0 Å². The first-order valence-electron chi connectivity index (χ1n) is 16.4. The Morgan fingerprint density at radius 1 is 0.440 bits per heavy atom. The summed E-state index contributed by atoms with van der Waals surface area (Å²) in [6.07, 6.45) is 0. The minimum Gasteiger partial charge on any atom is -0.308 e. The fourth-order valence-electron chi connectivity index (χ4n) is 7.49. The summed E-state index contributed by atoms with van der Waals surface area (Å²) in [5.41, 5.74) is 6.28. The molecule has 1 heterocycles. The third-order valence-electron chi connectivity index (χ3n) is 9.64. The first-order valence-corrected chi connectivity index (χ1v) is 18.4. The quantitative estimate of drug-likeness (QED) is 0.138.